The van der Waals surface area contributed by atoms with Crippen molar-refractivity contribution in [3.05, 3.63) is 173 Å². The number of benzene rings is 5. The third kappa shape index (κ3) is 4.60. The smallest absolute Gasteiger partial charge is 0.210 e. The standard InChI is InChI=1S/C35H26O3S/c1-25-21-23-29(24-22-25)39(36,37)35-31-20-12-11-19-30(31)32(26-13-5-2-6-14-26)33(27-15-7-3-8-16-27)38-34(35)28-17-9-4-10-18-28/h2-24H,1H3. The summed E-state index contributed by atoms with van der Waals surface area (Å²) in [7, 11) is -4.00. The molecule has 1 heterocycles. The molecule has 39 heavy (non-hydrogen) atoms. The summed E-state index contributed by atoms with van der Waals surface area (Å²) in [6.45, 7) is 1.94. The maximum Gasteiger partial charge on any atom is 0.210 e. The lowest BCUT2D eigenvalue weighted by Gasteiger charge is -2.18. The van der Waals surface area contributed by atoms with E-state index in [4.69, 9.17) is 4.74 Å². The Kier molecular flexibility index (Phi) is 6.47. The molecule has 5 aromatic rings. The summed E-state index contributed by atoms with van der Waals surface area (Å²) >= 11 is 0. The maximum atomic E-state index is 14.5. The van der Waals surface area contributed by atoms with Crippen LogP contribution in [0.5, 0.6) is 0 Å². The zero-order chi connectivity index (χ0) is 26.8. The van der Waals surface area contributed by atoms with E-state index >= 15 is 0 Å². The first-order chi connectivity index (χ1) is 19.0. The van der Waals surface area contributed by atoms with Crippen LogP contribution in [0, 0.1) is 6.92 Å². The van der Waals surface area contributed by atoms with Crippen LogP contribution in [0.3, 0.4) is 0 Å². The molecule has 6 rings (SSSR count). The summed E-state index contributed by atoms with van der Waals surface area (Å²) in [5.74, 6) is 0.899. The number of hydrogen-bond donors (Lipinski definition) is 0. The molecule has 0 aliphatic carbocycles. The molecular formula is C35H26O3S. The minimum atomic E-state index is -4.00. The lowest BCUT2D eigenvalue weighted by molar-refractivity contribution is 0.475. The molecule has 0 unspecified atom stereocenters. The van der Waals surface area contributed by atoms with Gasteiger partial charge in [-0.15, -0.1) is 0 Å². The molecule has 0 bridgehead atoms. The molecule has 1 aliphatic rings. The van der Waals surface area contributed by atoms with Crippen LogP contribution >= 0.6 is 0 Å². The van der Waals surface area contributed by atoms with Gasteiger partial charge in [0.15, 0.2) is 5.76 Å². The van der Waals surface area contributed by atoms with Gasteiger partial charge >= 0.3 is 0 Å². The highest BCUT2D eigenvalue weighted by atomic mass is 32.2. The maximum absolute atomic E-state index is 14.5. The Morgan fingerprint density at radius 3 is 1.51 bits per heavy atom. The highest BCUT2D eigenvalue weighted by Crippen LogP contribution is 2.47. The van der Waals surface area contributed by atoms with E-state index in [1.807, 2.05) is 134 Å². The van der Waals surface area contributed by atoms with E-state index in [0.717, 1.165) is 27.8 Å². The zero-order valence-corrected chi connectivity index (χ0v) is 22.2. The molecule has 5 aromatic carbocycles. The summed E-state index contributed by atoms with van der Waals surface area (Å²) < 4.78 is 35.9. The van der Waals surface area contributed by atoms with Gasteiger partial charge in [0, 0.05) is 22.3 Å². The molecular weight excluding hydrogens is 500 g/mol. The van der Waals surface area contributed by atoms with Crippen molar-refractivity contribution in [1.29, 1.82) is 0 Å². The fourth-order valence-electron chi connectivity index (χ4n) is 4.91. The molecule has 0 N–H and O–H groups in total. The number of ether oxygens (including phenoxy) is 1. The van der Waals surface area contributed by atoms with E-state index in [0.29, 0.717) is 22.6 Å². The summed E-state index contributed by atoms with van der Waals surface area (Å²) in [5, 5.41) is 0. The van der Waals surface area contributed by atoms with Gasteiger partial charge in [-0.3, -0.25) is 0 Å². The van der Waals surface area contributed by atoms with Crippen LogP contribution < -0.4 is 0 Å². The molecule has 0 atom stereocenters. The van der Waals surface area contributed by atoms with Crippen molar-refractivity contribution in [3.63, 3.8) is 0 Å². The number of hydrogen-bond acceptors (Lipinski definition) is 3. The highest BCUT2D eigenvalue weighted by molar-refractivity contribution is 8.01. The Labute approximate surface area is 229 Å². The lowest BCUT2D eigenvalue weighted by atomic mass is 9.91. The van der Waals surface area contributed by atoms with Crippen molar-refractivity contribution in [2.75, 3.05) is 0 Å². The second-order valence-corrected chi connectivity index (χ2v) is 11.3. The molecule has 0 radical (unpaired) electrons. The van der Waals surface area contributed by atoms with Crippen molar-refractivity contribution in [2.24, 2.45) is 0 Å². The first-order valence-corrected chi connectivity index (χ1v) is 14.3. The average Bonchev–Trinajstić information content (AvgIpc) is 3.14. The van der Waals surface area contributed by atoms with E-state index in [2.05, 4.69) is 0 Å². The minimum absolute atomic E-state index is 0.146. The highest BCUT2D eigenvalue weighted by Gasteiger charge is 2.35. The first kappa shape index (κ1) is 24.7. The van der Waals surface area contributed by atoms with Crippen molar-refractivity contribution >= 4 is 31.8 Å². The fraction of sp³-hybridized carbons (Fsp3) is 0.0286. The second-order valence-electron chi connectivity index (χ2n) is 9.42. The average molecular weight is 527 g/mol. The summed E-state index contributed by atoms with van der Waals surface area (Å²) in [6.07, 6.45) is 0. The molecule has 0 amide bonds. The van der Waals surface area contributed by atoms with Crippen LogP contribution in [0.4, 0.5) is 0 Å². The Morgan fingerprint density at radius 2 is 0.949 bits per heavy atom. The predicted molar refractivity (Wildman–Crippen MR) is 158 cm³/mol. The van der Waals surface area contributed by atoms with Gasteiger partial charge in [-0.2, -0.15) is 0 Å². The Morgan fingerprint density at radius 1 is 0.487 bits per heavy atom. The van der Waals surface area contributed by atoms with Crippen LogP contribution in [0.15, 0.2) is 144 Å². The molecule has 1 aliphatic heterocycles. The second kappa shape index (κ2) is 10.2. The van der Waals surface area contributed by atoms with Crippen LogP contribution in [0.25, 0.3) is 22.0 Å². The van der Waals surface area contributed by atoms with E-state index in [1.54, 1.807) is 12.1 Å². The van der Waals surface area contributed by atoms with Gasteiger partial charge < -0.3 is 4.74 Å². The minimum Gasteiger partial charge on any atom is -0.454 e. The van der Waals surface area contributed by atoms with Gasteiger partial charge in [-0.25, -0.2) is 8.42 Å². The molecule has 0 saturated carbocycles. The van der Waals surface area contributed by atoms with Crippen molar-refractivity contribution in [1.82, 2.24) is 0 Å². The van der Waals surface area contributed by atoms with Gasteiger partial charge in [0.05, 0.1) is 4.90 Å². The number of sulfone groups is 1. The van der Waals surface area contributed by atoms with Gasteiger partial charge in [0.2, 0.25) is 9.84 Å². The zero-order valence-electron chi connectivity index (χ0n) is 21.4. The SMILES string of the molecule is Cc1ccc(S(=O)(=O)C2=C(c3ccccc3)OC(c3ccccc3)=C(c3ccccc3)c3ccccc32)cc1. The number of aryl methyl sites for hydroxylation is 1. The van der Waals surface area contributed by atoms with E-state index in [9.17, 15) is 8.42 Å². The summed E-state index contributed by atoms with van der Waals surface area (Å²) in [5.41, 5.74) is 5.68. The third-order valence-electron chi connectivity index (χ3n) is 6.81. The Bertz CT molecular complexity index is 1800. The van der Waals surface area contributed by atoms with Crippen molar-refractivity contribution in [2.45, 2.75) is 11.8 Å². The van der Waals surface area contributed by atoms with Gasteiger partial charge in [-0.05, 0) is 30.2 Å². The van der Waals surface area contributed by atoms with E-state index < -0.39 is 9.84 Å². The van der Waals surface area contributed by atoms with Crippen molar-refractivity contribution in [3.8, 4) is 0 Å². The van der Waals surface area contributed by atoms with Crippen LogP contribution in [-0.4, -0.2) is 8.42 Å². The van der Waals surface area contributed by atoms with Crippen LogP contribution in [0.2, 0.25) is 0 Å². The van der Waals surface area contributed by atoms with Gasteiger partial charge in [0.1, 0.15) is 10.7 Å². The van der Waals surface area contributed by atoms with E-state index in [1.165, 1.54) is 0 Å². The monoisotopic (exact) mass is 526 g/mol. The first-order valence-electron chi connectivity index (χ1n) is 12.8. The molecule has 0 aromatic heterocycles. The Balaban J connectivity index is 1.75. The van der Waals surface area contributed by atoms with Gasteiger partial charge in [0.25, 0.3) is 0 Å². The number of fused-ring (bicyclic) bond motifs is 1. The summed E-state index contributed by atoms with van der Waals surface area (Å²) in [4.78, 5) is 0.367. The van der Waals surface area contributed by atoms with Crippen LogP contribution in [-0.2, 0) is 14.6 Å². The normalized spacial score (nSPS) is 13.5. The van der Waals surface area contributed by atoms with E-state index in [-0.39, 0.29) is 9.80 Å². The third-order valence-corrected chi connectivity index (χ3v) is 8.65. The molecule has 190 valence electrons. The summed E-state index contributed by atoms with van der Waals surface area (Å²) in [6, 6.07) is 43.9. The predicted octanol–water partition coefficient (Wildman–Crippen LogP) is 8.24. The lowest BCUT2D eigenvalue weighted by Crippen LogP contribution is -2.09. The van der Waals surface area contributed by atoms with Crippen molar-refractivity contribution < 1.29 is 13.2 Å². The molecule has 0 spiro atoms. The fourth-order valence-corrected chi connectivity index (χ4v) is 6.51. The molecule has 0 saturated heterocycles. The molecule has 0 fully saturated rings. The van der Waals surface area contributed by atoms with Gasteiger partial charge in [-0.1, -0.05) is 133 Å². The Hall–Kier alpha value is -4.67. The largest absolute Gasteiger partial charge is 0.454 e. The molecule has 3 nitrogen and oxygen atoms in total. The quantitative estimate of drug-likeness (QED) is 0.232. The van der Waals surface area contributed by atoms with Crippen LogP contribution in [0.1, 0.15) is 33.4 Å². The number of rotatable bonds is 5. The topological polar surface area (TPSA) is 43.4 Å². The molecule has 4 heteroatoms.